The molecule has 3 aromatic carbocycles. The Balaban J connectivity index is 0.000000309. The smallest absolute Gasteiger partial charge is 1.00 e. The first-order valence-corrected chi connectivity index (χ1v) is 26.8. The van der Waals surface area contributed by atoms with Crippen molar-refractivity contribution in [1.29, 1.82) is 0 Å². The number of halogens is 2. The SMILES string of the molecule is COc1ccc(C[C@@H](Cl)B2OC3CC4CC(C4(C)C)[C@]3(C)O2)c(C)c1C(C)=O.COc1ccc(C[C@H](C)B2OC3CC4CC(C4(C)C)[C@]3(C)O2)c(C)c1C(C)=O.COc1ccc2c(c1C(=O)[O-])O[B-](O)(O)[C@@H](C)C2.[Br-].[CH3-].[Mg+2].[Na+].[Na+]. The number of hydrogen-bond donors (Lipinski definition) is 2. The molecule has 2 saturated heterocycles. The standard InChI is InChI=1S/C23H33BO4.C22H30BClO4.C11H14BO6.CH3.BrH.Mg.2Na/c1-13(10-16-8-9-18(26-7)21(14(16)2)15(3)25)24-27-20-12-17-11-19(22(17,4)5)23(20,6)28-24;1-12-14(7-8-16(26-6)20(12)13(2)25)9-19(24)23-27-18-11-15-10-17(21(15,3)4)22(18,5)28-23;1-6-5-7-3-4-8(17-2)9(11(13)14)10(7)18-12(6,15)16;;;;;/h8-9,13,17,19-20H,10-12H2,1-7H3;7-8,15,17-19H,9-11H2,1-6H3;3-4,6,15-16H,5H2,1-2H3,(H,13,14);1H3;1H;;;/q;;2*-1;;+2;2*+1/p-2/t13-,17?,19?,20?,23-;15?,17?,18?,19-,22+;6-;;;;;/m010...../s1. The third-order valence-corrected chi connectivity index (χ3v) is 19.4. The first kappa shape index (κ1) is 72.4. The Morgan fingerprint density at radius 3 is 1.54 bits per heavy atom. The van der Waals surface area contributed by atoms with Gasteiger partial charge in [0, 0.05) is 0 Å². The van der Waals surface area contributed by atoms with E-state index in [1.165, 1.54) is 26.0 Å². The average Bonchev–Trinajstić information content (AvgIpc) is 3.89. The number of fused-ring (bicyclic) bond motifs is 1. The molecule has 3 aromatic rings. The fourth-order valence-electron chi connectivity index (χ4n) is 14.1. The van der Waals surface area contributed by atoms with Gasteiger partial charge in [-0.15, -0.1) is 11.6 Å². The summed E-state index contributed by atoms with van der Waals surface area (Å²) in [4.78, 5) is 35.3. The monoisotopic (exact) mass is 1200 g/mol. The van der Waals surface area contributed by atoms with Crippen molar-refractivity contribution in [2.75, 3.05) is 21.3 Å². The molecule has 0 spiro atoms. The summed E-state index contributed by atoms with van der Waals surface area (Å²) in [5, 5.41) is 30.2. The number of aromatic carboxylic acids is 1. The predicted octanol–water partition coefficient (Wildman–Crippen LogP) is -0.121. The second-order valence-corrected chi connectivity index (χ2v) is 24.6. The Kier molecular flexibility index (Phi) is 25.0. The Morgan fingerprint density at radius 1 is 0.722 bits per heavy atom. The summed E-state index contributed by atoms with van der Waals surface area (Å²) in [6.07, 6.45) is 6.71. The molecule has 8 fully saturated rings. The largest absolute Gasteiger partial charge is 2.00 e. The fourth-order valence-corrected chi connectivity index (χ4v) is 14.4. The molecule has 4 bridgehead atoms. The van der Waals surface area contributed by atoms with Crippen molar-refractivity contribution in [2.24, 2.45) is 34.5 Å². The summed E-state index contributed by atoms with van der Waals surface area (Å²) >= 11 is 6.79. The van der Waals surface area contributed by atoms with Gasteiger partial charge in [-0.1, -0.05) is 65.6 Å². The number of carbonyl (C=O) groups is 3. The van der Waals surface area contributed by atoms with E-state index in [0.717, 1.165) is 47.4 Å². The van der Waals surface area contributed by atoms with E-state index < -0.39 is 25.7 Å². The van der Waals surface area contributed by atoms with Crippen LogP contribution in [0.25, 0.3) is 0 Å². The van der Waals surface area contributed by atoms with E-state index in [1.54, 1.807) is 41.1 Å². The zero-order valence-electron chi connectivity index (χ0n) is 50.1. The number of ether oxygens (including phenoxy) is 3. The minimum Gasteiger partial charge on any atom is -1.00 e. The minimum absolute atomic E-state index is 0. The van der Waals surface area contributed by atoms with Crippen LogP contribution in [0.1, 0.15) is 154 Å². The molecule has 9 aliphatic rings. The normalized spacial score (nSPS) is 28.7. The third-order valence-electron chi connectivity index (χ3n) is 19.1. The quantitative estimate of drug-likeness (QED) is 0.106. The fraction of sp³-hybridized carbons (Fsp3) is 0.614. The zero-order chi connectivity index (χ0) is 54.4. The van der Waals surface area contributed by atoms with Crippen molar-refractivity contribution in [3.05, 3.63) is 88.3 Å². The summed E-state index contributed by atoms with van der Waals surface area (Å²) < 4.78 is 46.6. The predicted molar refractivity (Wildman–Crippen MR) is 296 cm³/mol. The molecule has 6 unspecified atom stereocenters. The van der Waals surface area contributed by atoms with Crippen molar-refractivity contribution in [1.82, 2.24) is 0 Å². The maximum Gasteiger partial charge on any atom is 2.00 e. The molecule has 6 saturated carbocycles. The zero-order valence-corrected chi connectivity index (χ0v) is 57.9. The molecule has 3 heterocycles. The van der Waals surface area contributed by atoms with Crippen molar-refractivity contribution in [2.45, 2.75) is 168 Å². The second kappa shape index (κ2) is 27.2. The second-order valence-electron chi connectivity index (χ2n) is 24.0. The van der Waals surface area contributed by atoms with Crippen molar-refractivity contribution < 1.29 is 143 Å². The van der Waals surface area contributed by atoms with Crippen LogP contribution in [0.4, 0.5) is 0 Å². The van der Waals surface area contributed by atoms with Crippen LogP contribution in [0.15, 0.2) is 36.4 Å². The van der Waals surface area contributed by atoms with E-state index in [2.05, 4.69) is 54.5 Å². The van der Waals surface area contributed by atoms with E-state index in [1.807, 2.05) is 32.0 Å². The van der Waals surface area contributed by atoms with E-state index in [-0.39, 0.29) is 177 Å². The van der Waals surface area contributed by atoms with Gasteiger partial charge in [-0.2, -0.15) is 0 Å². The average molecular weight is 1210 g/mol. The van der Waals surface area contributed by atoms with Crippen LogP contribution in [0.5, 0.6) is 23.0 Å². The maximum absolute atomic E-state index is 12.1. The van der Waals surface area contributed by atoms with Crippen LogP contribution < -0.4 is 100 Å². The number of ketones is 2. The van der Waals surface area contributed by atoms with Gasteiger partial charge in [-0.05, 0) is 173 Å². The van der Waals surface area contributed by atoms with E-state index in [4.69, 9.17) is 49.1 Å². The third kappa shape index (κ3) is 13.3. The Labute approximate surface area is 546 Å². The van der Waals surface area contributed by atoms with Gasteiger partial charge in [0.05, 0.1) is 78.4 Å². The Hall–Kier alpha value is -0.839. The molecule has 79 heavy (non-hydrogen) atoms. The first-order valence-electron chi connectivity index (χ1n) is 26.4. The van der Waals surface area contributed by atoms with Gasteiger partial charge in [-0.3, -0.25) is 9.59 Å². The summed E-state index contributed by atoms with van der Waals surface area (Å²) in [5.41, 5.74) is 5.96. The van der Waals surface area contributed by atoms with Crippen molar-refractivity contribution >= 4 is 73.2 Å². The number of rotatable bonds is 12. The Bertz CT molecular complexity index is 2570. The van der Waals surface area contributed by atoms with Crippen molar-refractivity contribution in [3.63, 3.8) is 0 Å². The molecular formula is C57H79B3BrClMgNa2O14. The number of hydrogen-bond acceptors (Lipinski definition) is 14. The number of methoxy groups -OCH3 is 3. The Morgan fingerprint density at radius 2 is 1.13 bits per heavy atom. The minimum atomic E-state index is -3.08. The molecule has 0 aromatic heterocycles. The maximum atomic E-state index is 12.1. The molecule has 418 valence electrons. The molecule has 2 N–H and O–H groups in total. The number of benzene rings is 3. The molecule has 12 rings (SSSR count). The van der Waals surface area contributed by atoms with Crippen LogP contribution in [0.2, 0.25) is 11.6 Å². The molecule has 3 aliphatic heterocycles. The molecule has 0 radical (unpaired) electrons. The molecule has 0 amide bonds. The first-order chi connectivity index (χ1) is 34.5. The van der Waals surface area contributed by atoms with Gasteiger partial charge in [0.1, 0.15) is 17.2 Å². The van der Waals surface area contributed by atoms with Gasteiger partial charge < -0.3 is 81.8 Å². The van der Waals surface area contributed by atoms with Gasteiger partial charge in [-0.25, -0.2) is 0 Å². The van der Waals surface area contributed by atoms with Gasteiger partial charge in [0.15, 0.2) is 11.6 Å². The van der Waals surface area contributed by atoms with Crippen molar-refractivity contribution in [3.8, 4) is 23.0 Å². The summed E-state index contributed by atoms with van der Waals surface area (Å²) in [6.45, 7) is 21.8. The number of carboxylic acid groups (broad SMARTS) is 1. The van der Waals surface area contributed by atoms with E-state index in [9.17, 15) is 29.5 Å². The van der Waals surface area contributed by atoms with Crippen LogP contribution >= 0.6 is 11.6 Å². The van der Waals surface area contributed by atoms with Gasteiger partial charge in [0.2, 0.25) is 0 Å². The number of carboxylic acids is 1. The summed E-state index contributed by atoms with van der Waals surface area (Å²) in [6, 6.07) is 10.9. The van der Waals surface area contributed by atoms with Crippen LogP contribution in [0.3, 0.4) is 0 Å². The van der Waals surface area contributed by atoms with Crippen LogP contribution in [0, 0.1) is 55.8 Å². The number of carbonyl (C=O) groups excluding carboxylic acids is 3. The topological polar surface area (TPSA) is 189 Å². The molecule has 11 atom stereocenters. The number of alkyl halides is 1. The van der Waals surface area contributed by atoms with E-state index in [0.29, 0.717) is 69.6 Å². The van der Waals surface area contributed by atoms with Crippen LogP contribution in [-0.4, -0.2) is 122 Å². The molecule has 22 heteroatoms. The van der Waals surface area contributed by atoms with E-state index >= 15 is 0 Å². The summed E-state index contributed by atoms with van der Waals surface area (Å²) in [7, 11) is 3.90. The van der Waals surface area contributed by atoms with Crippen LogP contribution in [-0.2, 0) is 37.9 Å². The molecule has 14 nitrogen and oxygen atoms in total. The summed E-state index contributed by atoms with van der Waals surface area (Å²) in [5.74, 6) is 2.06. The van der Waals surface area contributed by atoms with Gasteiger partial charge in [0.25, 0.3) is 0 Å². The van der Waals surface area contributed by atoms with Gasteiger partial charge >= 0.3 is 103 Å². The number of Topliss-reactive ketones (excluding diaryl/α,β-unsaturated/α-hetero) is 2. The molecular weight excluding hydrogens is 1130 g/mol. The molecule has 6 aliphatic carbocycles.